The summed E-state index contributed by atoms with van der Waals surface area (Å²) < 4.78 is 1.53. The molecule has 13 heavy (non-hydrogen) atoms. The first-order chi connectivity index (χ1) is 6.11. The van der Waals surface area contributed by atoms with Gasteiger partial charge in [0.25, 0.3) is 0 Å². The number of nitrogens with zero attached hydrogens (tertiary/aromatic N) is 4. The Bertz CT molecular complexity index is 268. The summed E-state index contributed by atoms with van der Waals surface area (Å²) in [6.07, 6.45) is 0.802. The highest BCUT2D eigenvalue weighted by Gasteiger charge is 2.22. The standard InChI is InChI=1S/C7H15N5O/c1-4-7(2,5-13)8-6-9-10-11-12(6)3/h13H,4-5H2,1-3H3,(H,8,9,11). The smallest absolute Gasteiger partial charge is 0.243 e. The molecule has 1 aromatic heterocycles. The number of tetrazole rings is 1. The molecule has 0 aromatic carbocycles. The lowest BCUT2D eigenvalue weighted by atomic mass is 10.0. The molecule has 6 nitrogen and oxygen atoms in total. The van der Waals surface area contributed by atoms with Crippen LogP contribution in [-0.2, 0) is 7.05 Å². The average molecular weight is 185 g/mol. The Balaban J connectivity index is 2.73. The van der Waals surface area contributed by atoms with Gasteiger partial charge >= 0.3 is 0 Å². The van der Waals surface area contributed by atoms with E-state index in [4.69, 9.17) is 5.11 Å². The van der Waals surface area contributed by atoms with E-state index in [1.807, 2.05) is 13.8 Å². The molecule has 0 aliphatic carbocycles. The second-order valence-corrected chi connectivity index (χ2v) is 3.32. The molecule has 0 aliphatic rings. The van der Waals surface area contributed by atoms with E-state index in [1.165, 1.54) is 4.68 Å². The molecule has 0 saturated carbocycles. The third-order valence-electron chi connectivity index (χ3n) is 2.16. The lowest BCUT2D eigenvalue weighted by molar-refractivity contribution is 0.218. The number of nitrogens with one attached hydrogen (secondary N) is 1. The lowest BCUT2D eigenvalue weighted by Crippen LogP contribution is -2.38. The molecule has 0 bridgehead atoms. The third-order valence-corrected chi connectivity index (χ3v) is 2.16. The van der Waals surface area contributed by atoms with Gasteiger partial charge in [0.15, 0.2) is 0 Å². The van der Waals surface area contributed by atoms with E-state index in [1.54, 1.807) is 7.05 Å². The Morgan fingerprint density at radius 2 is 2.31 bits per heavy atom. The van der Waals surface area contributed by atoms with Gasteiger partial charge in [0.2, 0.25) is 5.95 Å². The van der Waals surface area contributed by atoms with Crippen LogP contribution < -0.4 is 5.32 Å². The Morgan fingerprint density at radius 1 is 1.62 bits per heavy atom. The third kappa shape index (κ3) is 2.15. The van der Waals surface area contributed by atoms with Crippen molar-refractivity contribution in [3.8, 4) is 0 Å². The van der Waals surface area contributed by atoms with Crippen molar-refractivity contribution >= 4 is 5.95 Å². The summed E-state index contributed by atoms with van der Waals surface area (Å²) in [5.74, 6) is 0.568. The molecule has 0 saturated heterocycles. The molecular weight excluding hydrogens is 170 g/mol. The van der Waals surface area contributed by atoms with Crippen molar-refractivity contribution in [1.29, 1.82) is 0 Å². The van der Waals surface area contributed by atoms with Gasteiger partial charge in [0.05, 0.1) is 12.1 Å². The van der Waals surface area contributed by atoms with Crippen LogP contribution in [0, 0.1) is 0 Å². The monoisotopic (exact) mass is 185 g/mol. The van der Waals surface area contributed by atoms with Gasteiger partial charge in [-0.3, -0.25) is 0 Å². The lowest BCUT2D eigenvalue weighted by Gasteiger charge is -2.26. The number of hydrogen-bond acceptors (Lipinski definition) is 5. The number of aliphatic hydroxyl groups excluding tert-OH is 1. The van der Waals surface area contributed by atoms with Gasteiger partial charge in [-0.15, -0.1) is 0 Å². The minimum atomic E-state index is -0.359. The fourth-order valence-electron chi connectivity index (χ4n) is 0.845. The average Bonchev–Trinajstić information content (AvgIpc) is 2.52. The maximum Gasteiger partial charge on any atom is 0.243 e. The summed E-state index contributed by atoms with van der Waals surface area (Å²) in [6, 6.07) is 0. The Labute approximate surface area is 76.9 Å². The highest BCUT2D eigenvalue weighted by atomic mass is 16.3. The Morgan fingerprint density at radius 3 is 2.69 bits per heavy atom. The highest BCUT2D eigenvalue weighted by Crippen LogP contribution is 2.14. The molecule has 0 amide bonds. The van der Waals surface area contributed by atoms with Crippen LogP contribution in [0.15, 0.2) is 0 Å². The molecule has 1 aromatic rings. The predicted molar refractivity (Wildman–Crippen MR) is 48.2 cm³/mol. The summed E-state index contributed by atoms with van der Waals surface area (Å²) >= 11 is 0. The number of aryl methyl sites for hydroxylation is 1. The van der Waals surface area contributed by atoms with Gasteiger partial charge in [0.1, 0.15) is 0 Å². The van der Waals surface area contributed by atoms with Crippen LogP contribution in [0.1, 0.15) is 20.3 Å². The zero-order valence-corrected chi connectivity index (χ0v) is 8.15. The van der Waals surface area contributed by atoms with Gasteiger partial charge in [-0.2, -0.15) is 0 Å². The van der Waals surface area contributed by atoms with Crippen LogP contribution in [0.5, 0.6) is 0 Å². The first-order valence-corrected chi connectivity index (χ1v) is 4.22. The van der Waals surface area contributed by atoms with Gasteiger partial charge in [-0.05, 0) is 23.8 Å². The van der Waals surface area contributed by atoms with Crippen molar-refractivity contribution in [3.05, 3.63) is 0 Å². The van der Waals surface area contributed by atoms with Crippen molar-refractivity contribution in [1.82, 2.24) is 20.2 Å². The van der Waals surface area contributed by atoms with Crippen molar-refractivity contribution in [2.75, 3.05) is 11.9 Å². The van der Waals surface area contributed by atoms with Crippen molar-refractivity contribution < 1.29 is 5.11 Å². The minimum absolute atomic E-state index is 0.0519. The van der Waals surface area contributed by atoms with Crippen molar-refractivity contribution in [2.24, 2.45) is 7.05 Å². The Hall–Kier alpha value is -1.17. The van der Waals surface area contributed by atoms with Gasteiger partial charge in [0, 0.05) is 7.05 Å². The zero-order chi connectivity index (χ0) is 9.90. The maximum absolute atomic E-state index is 9.13. The van der Waals surface area contributed by atoms with Gasteiger partial charge < -0.3 is 10.4 Å². The molecule has 1 rings (SSSR count). The van der Waals surface area contributed by atoms with Crippen molar-refractivity contribution in [2.45, 2.75) is 25.8 Å². The molecule has 1 atom stereocenters. The van der Waals surface area contributed by atoms with Crippen LogP contribution in [0.25, 0.3) is 0 Å². The van der Waals surface area contributed by atoms with Crippen LogP contribution >= 0.6 is 0 Å². The molecule has 0 radical (unpaired) electrons. The van der Waals surface area contributed by atoms with Gasteiger partial charge in [-0.1, -0.05) is 12.0 Å². The van der Waals surface area contributed by atoms with E-state index >= 15 is 0 Å². The maximum atomic E-state index is 9.13. The van der Waals surface area contributed by atoms with Crippen LogP contribution in [0.4, 0.5) is 5.95 Å². The molecule has 2 N–H and O–H groups in total. The van der Waals surface area contributed by atoms with Gasteiger partial charge in [-0.25, -0.2) is 4.68 Å². The number of rotatable bonds is 4. The predicted octanol–water partition coefficient (Wildman–Crippen LogP) is -0.217. The van der Waals surface area contributed by atoms with E-state index in [2.05, 4.69) is 20.8 Å². The fraction of sp³-hybridized carbons (Fsp3) is 0.857. The number of anilines is 1. The first kappa shape index (κ1) is 9.91. The molecule has 1 heterocycles. The van der Waals surface area contributed by atoms with E-state index in [0.717, 1.165) is 6.42 Å². The molecule has 1 unspecified atom stereocenters. The molecule has 0 spiro atoms. The van der Waals surface area contributed by atoms with Crippen LogP contribution in [0.3, 0.4) is 0 Å². The molecule has 74 valence electrons. The summed E-state index contributed by atoms with van der Waals surface area (Å²) in [6.45, 7) is 3.96. The highest BCUT2D eigenvalue weighted by molar-refractivity contribution is 5.26. The quantitative estimate of drug-likeness (QED) is 0.678. The minimum Gasteiger partial charge on any atom is -0.394 e. The van der Waals surface area contributed by atoms with E-state index in [9.17, 15) is 0 Å². The summed E-state index contributed by atoms with van der Waals surface area (Å²) in [7, 11) is 1.75. The summed E-state index contributed by atoms with van der Waals surface area (Å²) in [4.78, 5) is 0. The second-order valence-electron chi connectivity index (χ2n) is 3.32. The second kappa shape index (κ2) is 3.69. The summed E-state index contributed by atoms with van der Waals surface area (Å²) in [5.41, 5.74) is -0.359. The molecule has 0 fully saturated rings. The first-order valence-electron chi connectivity index (χ1n) is 4.22. The van der Waals surface area contributed by atoms with Crippen LogP contribution in [-0.4, -0.2) is 37.5 Å². The fourth-order valence-corrected chi connectivity index (χ4v) is 0.845. The van der Waals surface area contributed by atoms with E-state index in [0.29, 0.717) is 5.95 Å². The topological polar surface area (TPSA) is 75.9 Å². The molecular formula is C7H15N5O. The largest absolute Gasteiger partial charge is 0.394 e. The summed E-state index contributed by atoms with van der Waals surface area (Å²) in [5, 5.41) is 23.2. The molecule has 0 aliphatic heterocycles. The Kier molecular flexibility index (Phi) is 2.82. The number of aromatic nitrogens is 4. The van der Waals surface area contributed by atoms with E-state index in [-0.39, 0.29) is 12.1 Å². The van der Waals surface area contributed by atoms with Crippen LogP contribution in [0.2, 0.25) is 0 Å². The number of hydrogen-bond donors (Lipinski definition) is 2. The van der Waals surface area contributed by atoms with Crippen molar-refractivity contribution in [3.63, 3.8) is 0 Å². The SMILES string of the molecule is CCC(C)(CO)Nc1nnnn1C. The number of aliphatic hydroxyl groups is 1. The zero-order valence-electron chi connectivity index (χ0n) is 8.15. The van der Waals surface area contributed by atoms with E-state index < -0.39 is 0 Å². The normalized spacial score (nSPS) is 15.4. The molecule has 6 heteroatoms.